The van der Waals surface area contributed by atoms with Gasteiger partial charge in [-0.1, -0.05) is 154 Å². The normalized spacial score (nSPS) is 11.3. The Morgan fingerprint density at radius 2 is 0.791 bits per heavy atom. The maximum atomic E-state index is 10.7. The molecule has 0 atom stereocenters. The smallest absolute Gasteiger partial charge is 0.335 e. The van der Waals surface area contributed by atoms with Gasteiger partial charge in [0.25, 0.3) is 0 Å². The maximum absolute atomic E-state index is 10.7. The van der Waals surface area contributed by atoms with Crippen molar-refractivity contribution in [3.8, 4) is 5.75 Å². The van der Waals surface area contributed by atoms with Crippen molar-refractivity contribution in [2.75, 3.05) is 24.6 Å². The molecule has 1 aromatic rings. The Labute approximate surface area is 269 Å². The third-order valence-corrected chi connectivity index (χ3v) is 14.1. The van der Waals surface area contributed by atoms with Crippen molar-refractivity contribution < 1.29 is 15.0 Å². The molecule has 0 fully saturated rings. The lowest BCUT2D eigenvalue weighted by Gasteiger charge is -2.28. The summed E-state index contributed by atoms with van der Waals surface area (Å²) in [5.41, 5.74) is -0.178. The molecule has 4 heteroatoms. The van der Waals surface area contributed by atoms with Crippen LogP contribution in [0.25, 0.3) is 0 Å². The average molecular weight is 621 g/mol. The SMILES string of the molecule is CCCCCCCCCCCCCC[P+](CCCCCC)(CCCCCC)CCCCCC.O=C(O)c1ccccc1[O-]. The predicted octanol–water partition coefficient (Wildman–Crippen LogP) is 12.9. The second-order valence-corrected chi connectivity index (χ2v) is 17.6. The van der Waals surface area contributed by atoms with Crippen LogP contribution in [0.15, 0.2) is 24.3 Å². The minimum absolute atomic E-state index is 0.178. The zero-order chi connectivity index (χ0) is 31.9. The van der Waals surface area contributed by atoms with Crippen molar-refractivity contribution in [1.29, 1.82) is 0 Å². The van der Waals surface area contributed by atoms with Gasteiger partial charge in [0.1, 0.15) is 0 Å². The highest BCUT2D eigenvalue weighted by atomic mass is 31.2. The molecular weight excluding hydrogens is 547 g/mol. The lowest BCUT2D eigenvalue weighted by atomic mass is 10.1. The van der Waals surface area contributed by atoms with E-state index in [1.54, 1.807) is 50.3 Å². The van der Waals surface area contributed by atoms with Crippen molar-refractivity contribution >= 4 is 13.2 Å². The zero-order valence-electron chi connectivity index (χ0n) is 29.3. The molecule has 3 nitrogen and oxygen atoms in total. The molecule has 0 aliphatic heterocycles. The molecule has 0 saturated carbocycles. The van der Waals surface area contributed by atoms with Gasteiger partial charge >= 0.3 is 5.97 Å². The van der Waals surface area contributed by atoms with Crippen LogP contribution in [-0.2, 0) is 0 Å². The van der Waals surface area contributed by atoms with Crippen LogP contribution in [0, 0.1) is 0 Å². The summed E-state index contributed by atoms with van der Waals surface area (Å²) in [6.07, 6.45) is 42.1. The quantitative estimate of drug-likeness (QED) is 0.0716. The standard InChI is InChI=1S/C32H68P.C7H6O3/c1-5-9-13-17-18-19-20-21-22-23-24-28-32-33(29-25-14-10-6-2,30-26-15-11-7-3)31-27-16-12-8-4;8-6-4-2-1-3-5(6)7(9)10/h5-32H2,1-4H3;1-4,8H,(H,9,10)/q+1;/p-1. The van der Waals surface area contributed by atoms with Gasteiger partial charge in [0.15, 0.2) is 0 Å². The molecule has 0 radical (unpaired) electrons. The van der Waals surface area contributed by atoms with Crippen LogP contribution in [0.5, 0.6) is 5.75 Å². The van der Waals surface area contributed by atoms with Gasteiger partial charge in [-0.2, -0.15) is 0 Å². The fourth-order valence-electron chi connectivity index (χ4n) is 6.22. The Bertz CT molecular complexity index is 704. The fourth-order valence-corrected chi connectivity index (χ4v) is 11.1. The number of rotatable bonds is 29. The number of hydrogen-bond donors (Lipinski definition) is 1. The van der Waals surface area contributed by atoms with Gasteiger partial charge in [0, 0.05) is 7.26 Å². The number of hydrogen-bond acceptors (Lipinski definition) is 2. The topological polar surface area (TPSA) is 60.4 Å². The molecule has 1 N–H and O–H groups in total. The molecule has 43 heavy (non-hydrogen) atoms. The number of para-hydroxylation sites is 1. The predicted molar refractivity (Wildman–Crippen MR) is 193 cm³/mol. The summed E-state index contributed by atoms with van der Waals surface area (Å²) in [6, 6.07) is 5.54. The number of aromatic carboxylic acids is 1. The molecule has 1 rings (SSSR count). The molecule has 0 amide bonds. The summed E-state index contributed by atoms with van der Waals surface area (Å²) in [5, 5.41) is 19.0. The van der Waals surface area contributed by atoms with Gasteiger partial charge in [-0.05, 0) is 57.4 Å². The number of carboxylic acid groups (broad SMARTS) is 1. The van der Waals surface area contributed by atoms with Crippen molar-refractivity contribution in [2.45, 2.75) is 182 Å². The Morgan fingerprint density at radius 1 is 0.512 bits per heavy atom. The van der Waals surface area contributed by atoms with Crippen LogP contribution in [-0.4, -0.2) is 35.7 Å². The number of unbranched alkanes of at least 4 members (excludes halogenated alkanes) is 20. The average Bonchev–Trinajstić information content (AvgIpc) is 3.00. The summed E-state index contributed by atoms with van der Waals surface area (Å²) in [6.45, 7) is 9.41. The molecule has 0 bridgehead atoms. The van der Waals surface area contributed by atoms with Gasteiger partial charge in [-0.15, -0.1) is 0 Å². The van der Waals surface area contributed by atoms with Crippen LogP contribution in [0.2, 0.25) is 0 Å². The van der Waals surface area contributed by atoms with E-state index in [1.165, 1.54) is 153 Å². The first-order valence-electron chi connectivity index (χ1n) is 18.8. The van der Waals surface area contributed by atoms with Gasteiger partial charge < -0.3 is 10.2 Å². The third-order valence-electron chi connectivity index (χ3n) is 9.06. The summed E-state index contributed by atoms with van der Waals surface area (Å²) in [7, 11) is -0.697. The van der Waals surface area contributed by atoms with Crippen molar-refractivity contribution in [1.82, 2.24) is 0 Å². The number of carboxylic acids is 1. The Hall–Kier alpha value is -1.08. The van der Waals surface area contributed by atoms with E-state index in [9.17, 15) is 9.90 Å². The van der Waals surface area contributed by atoms with Gasteiger partial charge in [-0.25, -0.2) is 4.79 Å². The van der Waals surface area contributed by atoms with E-state index < -0.39 is 19.0 Å². The molecule has 0 aromatic heterocycles. The Kier molecular flexibility index (Phi) is 30.1. The highest BCUT2D eigenvalue weighted by molar-refractivity contribution is 7.75. The molecule has 0 aliphatic carbocycles. The van der Waals surface area contributed by atoms with Crippen molar-refractivity contribution in [3.05, 3.63) is 29.8 Å². The lowest BCUT2D eigenvalue weighted by molar-refractivity contribution is -0.268. The van der Waals surface area contributed by atoms with E-state index in [0.29, 0.717) is 0 Å². The van der Waals surface area contributed by atoms with E-state index >= 15 is 0 Å². The third kappa shape index (κ3) is 24.9. The fraction of sp³-hybridized carbons (Fsp3) is 0.821. The summed E-state index contributed by atoms with van der Waals surface area (Å²) in [5.74, 6) is -1.62. The van der Waals surface area contributed by atoms with Gasteiger partial charge in [-0.3, -0.25) is 0 Å². The van der Waals surface area contributed by atoms with Crippen LogP contribution in [0.3, 0.4) is 0 Å². The minimum atomic E-state index is -1.18. The van der Waals surface area contributed by atoms with E-state index in [0.717, 1.165) is 0 Å². The van der Waals surface area contributed by atoms with Crippen molar-refractivity contribution in [2.24, 2.45) is 0 Å². The monoisotopic (exact) mass is 621 g/mol. The largest absolute Gasteiger partial charge is 0.872 e. The Balaban J connectivity index is 0.00000147. The summed E-state index contributed by atoms with van der Waals surface area (Å²) >= 11 is 0. The van der Waals surface area contributed by atoms with E-state index in [4.69, 9.17) is 5.11 Å². The van der Waals surface area contributed by atoms with Crippen LogP contribution in [0.1, 0.15) is 192 Å². The second-order valence-electron chi connectivity index (χ2n) is 13.1. The van der Waals surface area contributed by atoms with E-state index in [1.807, 2.05) is 0 Å². The van der Waals surface area contributed by atoms with Gasteiger partial charge in [0.05, 0.1) is 30.2 Å². The molecule has 1 aromatic carbocycles. The molecule has 0 unspecified atom stereocenters. The highest BCUT2D eigenvalue weighted by Crippen LogP contribution is 2.61. The van der Waals surface area contributed by atoms with E-state index in [-0.39, 0.29) is 5.56 Å². The molecule has 0 saturated heterocycles. The zero-order valence-corrected chi connectivity index (χ0v) is 30.2. The molecular formula is C39H73O3P. The lowest BCUT2D eigenvalue weighted by Crippen LogP contribution is -2.13. The molecule has 0 heterocycles. The summed E-state index contributed by atoms with van der Waals surface area (Å²) < 4.78 is 0. The van der Waals surface area contributed by atoms with Crippen LogP contribution in [0.4, 0.5) is 0 Å². The van der Waals surface area contributed by atoms with Crippen molar-refractivity contribution in [3.63, 3.8) is 0 Å². The van der Waals surface area contributed by atoms with E-state index in [2.05, 4.69) is 27.7 Å². The summed E-state index contributed by atoms with van der Waals surface area (Å²) in [4.78, 5) is 10.2. The van der Waals surface area contributed by atoms with Crippen LogP contribution >= 0.6 is 7.26 Å². The number of carbonyl (C=O) groups is 1. The first kappa shape index (κ1) is 41.9. The second kappa shape index (κ2) is 30.9. The number of benzene rings is 1. The van der Waals surface area contributed by atoms with Crippen LogP contribution < -0.4 is 5.11 Å². The molecule has 252 valence electrons. The Morgan fingerprint density at radius 3 is 1.07 bits per heavy atom. The van der Waals surface area contributed by atoms with Gasteiger partial charge in [0.2, 0.25) is 0 Å². The minimum Gasteiger partial charge on any atom is -0.872 e. The molecule has 0 spiro atoms. The highest BCUT2D eigenvalue weighted by Gasteiger charge is 2.34. The maximum Gasteiger partial charge on any atom is 0.335 e. The first-order chi connectivity index (χ1) is 21.0. The molecule has 0 aliphatic rings. The first-order valence-corrected chi connectivity index (χ1v) is 21.3.